The second-order valence-corrected chi connectivity index (χ2v) is 5.11. The van der Waals surface area contributed by atoms with Crippen LogP contribution in [0, 0.1) is 5.82 Å². The fourth-order valence-corrected chi connectivity index (χ4v) is 2.21. The van der Waals surface area contributed by atoms with Crippen molar-refractivity contribution < 1.29 is 19.0 Å². The van der Waals surface area contributed by atoms with Gasteiger partial charge in [0.15, 0.2) is 11.5 Å². The highest BCUT2D eigenvalue weighted by Gasteiger charge is 2.05. The van der Waals surface area contributed by atoms with Gasteiger partial charge >= 0.3 is 0 Å². The zero-order valence-electron chi connectivity index (χ0n) is 13.2. The minimum absolute atomic E-state index is 0.0319. The highest BCUT2D eigenvalue weighted by Crippen LogP contribution is 2.27. The van der Waals surface area contributed by atoms with Crippen molar-refractivity contribution in [1.82, 2.24) is 5.32 Å². The Balaban J connectivity index is 1.82. The molecule has 0 atom stereocenters. The average molecular weight is 319 g/mol. The van der Waals surface area contributed by atoms with Crippen LogP contribution in [0.2, 0.25) is 0 Å². The van der Waals surface area contributed by atoms with Crippen LogP contribution in [0.3, 0.4) is 0 Å². The van der Waals surface area contributed by atoms with Crippen molar-refractivity contribution in [3.8, 4) is 11.5 Å². The van der Waals surface area contributed by atoms with Crippen molar-refractivity contribution in [2.75, 3.05) is 26.9 Å². The molecule has 0 heterocycles. The van der Waals surface area contributed by atoms with Gasteiger partial charge in [-0.1, -0.05) is 18.2 Å². The Hall–Kier alpha value is -2.11. The van der Waals surface area contributed by atoms with Crippen LogP contribution in [0.4, 0.5) is 4.39 Å². The minimum Gasteiger partial charge on any atom is -0.493 e. The predicted molar refractivity (Wildman–Crippen MR) is 87.4 cm³/mol. The van der Waals surface area contributed by atoms with Gasteiger partial charge in [0.2, 0.25) is 0 Å². The summed E-state index contributed by atoms with van der Waals surface area (Å²) < 4.78 is 23.5. The van der Waals surface area contributed by atoms with Gasteiger partial charge in [0.05, 0.1) is 13.7 Å². The summed E-state index contributed by atoms with van der Waals surface area (Å²) >= 11 is 0. The summed E-state index contributed by atoms with van der Waals surface area (Å²) in [7, 11) is 1.59. The molecular formula is C18H22FNO3. The van der Waals surface area contributed by atoms with Crippen LogP contribution < -0.4 is 14.8 Å². The number of aliphatic hydroxyl groups excluding tert-OH is 1. The molecule has 0 spiro atoms. The topological polar surface area (TPSA) is 50.7 Å². The van der Waals surface area contributed by atoms with E-state index in [1.165, 1.54) is 12.1 Å². The lowest BCUT2D eigenvalue weighted by molar-refractivity contribution is 0.196. The van der Waals surface area contributed by atoms with Crippen LogP contribution in [-0.4, -0.2) is 32.0 Å². The van der Waals surface area contributed by atoms with E-state index in [4.69, 9.17) is 14.6 Å². The predicted octanol–water partition coefficient (Wildman–Crippen LogP) is 2.54. The summed E-state index contributed by atoms with van der Waals surface area (Å²) in [5, 5.41) is 12.2. The van der Waals surface area contributed by atoms with Crippen LogP contribution in [0.5, 0.6) is 11.5 Å². The Morgan fingerprint density at radius 1 is 1.04 bits per heavy atom. The number of halogens is 1. The van der Waals surface area contributed by atoms with Gasteiger partial charge in [-0.05, 0) is 48.4 Å². The fraction of sp³-hybridized carbons (Fsp3) is 0.333. The first-order chi connectivity index (χ1) is 11.2. The largest absolute Gasteiger partial charge is 0.493 e. The fourth-order valence-electron chi connectivity index (χ4n) is 2.21. The molecule has 2 aromatic carbocycles. The molecule has 2 rings (SSSR count). The second kappa shape index (κ2) is 9.12. The number of methoxy groups -OCH3 is 1. The lowest BCUT2D eigenvalue weighted by Gasteiger charge is -2.12. The molecule has 0 aliphatic rings. The van der Waals surface area contributed by atoms with E-state index in [1.54, 1.807) is 19.2 Å². The Morgan fingerprint density at radius 3 is 2.48 bits per heavy atom. The lowest BCUT2D eigenvalue weighted by atomic mass is 10.1. The van der Waals surface area contributed by atoms with Crippen molar-refractivity contribution in [2.45, 2.75) is 13.0 Å². The van der Waals surface area contributed by atoms with Crippen molar-refractivity contribution in [1.29, 1.82) is 0 Å². The summed E-state index contributed by atoms with van der Waals surface area (Å²) in [5.41, 5.74) is 2.18. The van der Waals surface area contributed by atoms with E-state index in [1.807, 2.05) is 18.2 Å². The van der Waals surface area contributed by atoms with Crippen LogP contribution in [-0.2, 0) is 13.0 Å². The van der Waals surface area contributed by atoms with Crippen molar-refractivity contribution in [2.24, 2.45) is 0 Å². The molecule has 5 heteroatoms. The van der Waals surface area contributed by atoms with Gasteiger partial charge < -0.3 is 19.9 Å². The first kappa shape index (κ1) is 17.2. The van der Waals surface area contributed by atoms with Crippen molar-refractivity contribution in [3.63, 3.8) is 0 Å². The van der Waals surface area contributed by atoms with E-state index in [-0.39, 0.29) is 19.0 Å². The summed E-state index contributed by atoms with van der Waals surface area (Å²) in [6.45, 7) is 1.72. The molecule has 0 aliphatic heterocycles. The number of benzene rings is 2. The van der Waals surface area contributed by atoms with Gasteiger partial charge in [-0.3, -0.25) is 0 Å². The molecule has 0 fully saturated rings. The molecular weight excluding hydrogens is 297 g/mol. The first-order valence-corrected chi connectivity index (χ1v) is 7.58. The highest BCUT2D eigenvalue weighted by atomic mass is 19.1. The number of hydrogen-bond acceptors (Lipinski definition) is 4. The zero-order chi connectivity index (χ0) is 16.5. The third-order valence-corrected chi connectivity index (χ3v) is 3.41. The Bertz CT molecular complexity index is 602. The highest BCUT2D eigenvalue weighted by molar-refractivity contribution is 5.42. The molecule has 2 aromatic rings. The van der Waals surface area contributed by atoms with E-state index in [0.717, 1.165) is 24.1 Å². The van der Waals surface area contributed by atoms with Crippen molar-refractivity contribution in [3.05, 3.63) is 59.4 Å². The number of ether oxygens (including phenoxy) is 2. The molecule has 124 valence electrons. The van der Waals surface area contributed by atoms with Gasteiger partial charge in [-0.2, -0.15) is 0 Å². The zero-order valence-corrected chi connectivity index (χ0v) is 13.2. The SMILES string of the molecule is COc1cc(CNCCc2ccc(F)cc2)ccc1OCCO. The Morgan fingerprint density at radius 2 is 1.78 bits per heavy atom. The monoisotopic (exact) mass is 319 g/mol. The summed E-state index contributed by atoms with van der Waals surface area (Å²) in [5.74, 6) is 1.06. The molecule has 0 saturated heterocycles. The van der Waals surface area contributed by atoms with Gasteiger partial charge in [0.1, 0.15) is 12.4 Å². The van der Waals surface area contributed by atoms with Crippen molar-refractivity contribution >= 4 is 0 Å². The molecule has 23 heavy (non-hydrogen) atoms. The van der Waals surface area contributed by atoms with Crippen LogP contribution in [0.1, 0.15) is 11.1 Å². The molecule has 0 saturated carbocycles. The minimum atomic E-state index is -0.211. The Kier molecular flexibility index (Phi) is 6.84. The standard InChI is InChI=1S/C18H22FNO3/c1-22-18-12-15(4-7-17(18)23-11-10-21)13-20-9-8-14-2-5-16(19)6-3-14/h2-7,12,20-21H,8-11,13H2,1H3. The van der Waals surface area contributed by atoms with Gasteiger partial charge in [-0.15, -0.1) is 0 Å². The Labute approximate surface area is 135 Å². The number of nitrogens with one attached hydrogen (secondary N) is 1. The van der Waals surface area contributed by atoms with Gasteiger partial charge in [-0.25, -0.2) is 4.39 Å². The third kappa shape index (κ3) is 5.54. The van der Waals surface area contributed by atoms with E-state index in [0.29, 0.717) is 18.0 Å². The maximum Gasteiger partial charge on any atom is 0.161 e. The summed E-state index contributed by atoms with van der Waals surface area (Å²) in [6.07, 6.45) is 0.842. The molecule has 0 unspecified atom stereocenters. The molecule has 0 aromatic heterocycles. The molecule has 0 radical (unpaired) electrons. The van der Waals surface area contributed by atoms with E-state index >= 15 is 0 Å². The van der Waals surface area contributed by atoms with Crippen LogP contribution in [0.15, 0.2) is 42.5 Å². The quantitative estimate of drug-likeness (QED) is 0.698. The summed E-state index contributed by atoms with van der Waals surface area (Å²) in [6, 6.07) is 12.3. The van der Waals surface area contributed by atoms with Crippen LogP contribution >= 0.6 is 0 Å². The second-order valence-electron chi connectivity index (χ2n) is 5.11. The molecule has 0 aliphatic carbocycles. The first-order valence-electron chi connectivity index (χ1n) is 7.58. The lowest BCUT2D eigenvalue weighted by Crippen LogP contribution is -2.16. The van der Waals surface area contributed by atoms with E-state index in [9.17, 15) is 4.39 Å². The number of aliphatic hydroxyl groups is 1. The molecule has 2 N–H and O–H groups in total. The molecule has 4 nitrogen and oxygen atoms in total. The van der Waals surface area contributed by atoms with Gasteiger partial charge in [0, 0.05) is 6.54 Å². The number of hydrogen-bond donors (Lipinski definition) is 2. The third-order valence-electron chi connectivity index (χ3n) is 3.41. The van der Waals surface area contributed by atoms with E-state index in [2.05, 4.69) is 5.32 Å². The average Bonchev–Trinajstić information content (AvgIpc) is 2.58. The summed E-state index contributed by atoms with van der Waals surface area (Å²) in [4.78, 5) is 0. The maximum atomic E-state index is 12.8. The maximum absolute atomic E-state index is 12.8. The molecule has 0 bridgehead atoms. The molecule has 0 amide bonds. The van der Waals surface area contributed by atoms with Crippen LogP contribution in [0.25, 0.3) is 0 Å². The normalized spacial score (nSPS) is 10.6. The number of rotatable bonds is 9. The van der Waals surface area contributed by atoms with E-state index < -0.39 is 0 Å². The smallest absolute Gasteiger partial charge is 0.161 e. The van der Waals surface area contributed by atoms with Gasteiger partial charge in [0.25, 0.3) is 0 Å².